The standard InChI is InChI=1S/C14H24BrNS/c1-5-9-16-12(14(3,4)6-2)10-11-7-8-13(15)17-11/h7-8,12,16H,5-6,9-10H2,1-4H3. The van der Waals surface area contributed by atoms with Crippen LogP contribution in [0.1, 0.15) is 45.4 Å². The zero-order valence-corrected chi connectivity index (χ0v) is 13.7. The van der Waals surface area contributed by atoms with Crippen molar-refractivity contribution in [2.24, 2.45) is 5.41 Å². The SMILES string of the molecule is CCCNC(Cc1ccc(Br)s1)C(C)(C)CC. The van der Waals surface area contributed by atoms with Gasteiger partial charge in [-0.15, -0.1) is 11.3 Å². The van der Waals surface area contributed by atoms with Crippen molar-refractivity contribution in [1.82, 2.24) is 5.32 Å². The van der Waals surface area contributed by atoms with Crippen LogP contribution in [0.4, 0.5) is 0 Å². The lowest BCUT2D eigenvalue weighted by molar-refractivity contribution is 0.231. The molecule has 98 valence electrons. The van der Waals surface area contributed by atoms with Crippen molar-refractivity contribution < 1.29 is 0 Å². The van der Waals surface area contributed by atoms with Crippen molar-refractivity contribution in [3.05, 3.63) is 20.8 Å². The number of rotatable bonds is 7. The Hall–Kier alpha value is 0.140. The maximum absolute atomic E-state index is 3.71. The summed E-state index contributed by atoms with van der Waals surface area (Å²) in [7, 11) is 0. The summed E-state index contributed by atoms with van der Waals surface area (Å²) in [6.45, 7) is 10.3. The highest BCUT2D eigenvalue weighted by atomic mass is 79.9. The lowest BCUT2D eigenvalue weighted by Crippen LogP contribution is -2.43. The molecule has 1 atom stereocenters. The minimum atomic E-state index is 0.353. The third-order valence-corrected chi connectivity index (χ3v) is 5.18. The van der Waals surface area contributed by atoms with Crippen LogP contribution in [0.2, 0.25) is 0 Å². The van der Waals surface area contributed by atoms with E-state index in [4.69, 9.17) is 0 Å². The molecule has 0 saturated heterocycles. The maximum Gasteiger partial charge on any atom is 0.0701 e. The topological polar surface area (TPSA) is 12.0 Å². The summed E-state index contributed by atoms with van der Waals surface area (Å²) < 4.78 is 1.23. The lowest BCUT2D eigenvalue weighted by atomic mass is 9.80. The first-order valence-electron chi connectivity index (χ1n) is 6.47. The van der Waals surface area contributed by atoms with Crippen LogP contribution < -0.4 is 5.32 Å². The Labute approximate surface area is 118 Å². The van der Waals surface area contributed by atoms with E-state index in [-0.39, 0.29) is 0 Å². The molecule has 0 aromatic carbocycles. The van der Waals surface area contributed by atoms with Gasteiger partial charge in [0.1, 0.15) is 0 Å². The minimum Gasteiger partial charge on any atom is -0.313 e. The number of hydrogen-bond acceptors (Lipinski definition) is 2. The fraction of sp³-hybridized carbons (Fsp3) is 0.714. The lowest BCUT2D eigenvalue weighted by Gasteiger charge is -2.34. The summed E-state index contributed by atoms with van der Waals surface area (Å²) >= 11 is 5.39. The molecule has 1 rings (SSSR count). The van der Waals surface area contributed by atoms with Gasteiger partial charge >= 0.3 is 0 Å². The monoisotopic (exact) mass is 317 g/mol. The summed E-state index contributed by atoms with van der Waals surface area (Å²) in [5, 5.41) is 3.71. The number of halogens is 1. The minimum absolute atomic E-state index is 0.353. The Bertz CT molecular complexity index is 333. The predicted molar refractivity (Wildman–Crippen MR) is 81.9 cm³/mol. The van der Waals surface area contributed by atoms with Crippen molar-refractivity contribution in [3.8, 4) is 0 Å². The first-order valence-corrected chi connectivity index (χ1v) is 8.08. The van der Waals surface area contributed by atoms with Gasteiger partial charge in [-0.1, -0.05) is 27.7 Å². The molecule has 17 heavy (non-hydrogen) atoms. The quantitative estimate of drug-likeness (QED) is 0.757. The van der Waals surface area contributed by atoms with E-state index < -0.39 is 0 Å². The largest absolute Gasteiger partial charge is 0.313 e. The van der Waals surface area contributed by atoms with E-state index in [0.717, 1.165) is 13.0 Å². The molecular formula is C14H24BrNS. The van der Waals surface area contributed by atoms with Gasteiger partial charge in [-0.3, -0.25) is 0 Å². The molecule has 0 saturated carbocycles. The molecule has 0 aliphatic carbocycles. The van der Waals surface area contributed by atoms with Crippen LogP contribution in [-0.4, -0.2) is 12.6 Å². The van der Waals surface area contributed by atoms with E-state index in [1.807, 2.05) is 11.3 Å². The molecule has 1 N–H and O–H groups in total. The predicted octanol–water partition coefficient (Wildman–Crippen LogP) is 4.86. The highest BCUT2D eigenvalue weighted by Crippen LogP contribution is 2.30. The van der Waals surface area contributed by atoms with E-state index in [2.05, 4.69) is 61.1 Å². The zero-order chi connectivity index (χ0) is 12.9. The third-order valence-electron chi connectivity index (χ3n) is 3.53. The van der Waals surface area contributed by atoms with Gasteiger partial charge in [0.2, 0.25) is 0 Å². The average Bonchev–Trinajstić information content (AvgIpc) is 2.70. The summed E-state index contributed by atoms with van der Waals surface area (Å²) in [6.07, 6.45) is 3.54. The second kappa shape index (κ2) is 6.91. The fourth-order valence-electron chi connectivity index (χ4n) is 1.85. The van der Waals surface area contributed by atoms with E-state index in [1.54, 1.807) is 0 Å². The molecule has 0 radical (unpaired) electrons. The van der Waals surface area contributed by atoms with Gasteiger partial charge in [0.05, 0.1) is 3.79 Å². The number of thiophene rings is 1. The molecule has 0 amide bonds. The Balaban J connectivity index is 2.69. The smallest absolute Gasteiger partial charge is 0.0701 e. The van der Waals surface area contributed by atoms with Gasteiger partial charge in [0.25, 0.3) is 0 Å². The zero-order valence-electron chi connectivity index (χ0n) is 11.3. The van der Waals surface area contributed by atoms with Gasteiger partial charge in [0.15, 0.2) is 0 Å². The molecule has 3 heteroatoms. The molecule has 1 unspecified atom stereocenters. The van der Waals surface area contributed by atoms with E-state index in [9.17, 15) is 0 Å². The van der Waals surface area contributed by atoms with Crippen molar-refractivity contribution in [3.63, 3.8) is 0 Å². The van der Waals surface area contributed by atoms with Crippen LogP contribution in [0.15, 0.2) is 15.9 Å². The fourth-order valence-corrected chi connectivity index (χ4v) is 3.38. The van der Waals surface area contributed by atoms with Crippen LogP contribution in [-0.2, 0) is 6.42 Å². The maximum atomic E-state index is 3.71. The van der Waals surface area contributed by atoms with Crippen LogP contribution >= 0.6 is 27.3 Å². The van der Waals surface area contributed by atoms with Crippen LogP contribution in [0.5, 0.6) is 0 Å². The first-order chi connectivity index (χ1) is 7.99. The first kappa shape index (κ1) is 15.2. The van der Waals surface area contributed by atoms with Gasteiger partial charge in [-0.05, 0) is 59.3 Å². The Morgan fingerprint density at radius 3 is 2.53 bits per heavy atom. The Morgan fingerprint density at radius 2 is 2.06 bits per heavy atom. The highest BCUT2D eigenvalue weighted by molar-refractivity contribution is 9.11. The molecule has 1 heterocycles. The molecule has 0 spiro atoms. The molecule has 0 aliphatic heterocycles. The van der Waals surface area contributed by atoms with Gasteiger partial charge in [-0.2, -0.15) is 0 Å². The van der Waals surface area contributed by atoms with E-state index in [0.29, 0.717) is 11.5 Å². The molecular weight excluding hydrogens is 294 g/mol. The van der Waals surface area contributed by atoms with E-state index in [1.165, 1.54) is 21.5 Å². The average molecular weight is 318 g/mol. The molecule has 1 aromatic rings. The summed E-state index contributed by atoms with van der Waals surface area (Å²) in [4.78, 5) is 1.46. The summed E-state index contributed by atoms with van der Waals surface area (Å²) in [5.41, 5.74) is 0.353. The number of nitrogens with one attached hydrogen (secondary N) is 1. The summed E-state index contributed by atoms with van der Waals surface area (Å²) in [5.74, 6) is 0. The van der Waals surface area contributed by atoms with Crippen LogP contribution in [0.25, 0.3) is 0 Å². The third kappa shape index (κ3) is 4.72. The van der Waals surface area contributed by atoms with Crippen molar-refractivity contribution in [2.45, 2.75) is 53.0 Å². The van der Waals surface area contributed by atoms with Crippen LogP contribution in [0, 0.1) is 5.41 Å². The summed E-state index contributed by atoms with van der Waals surface area (Å²) in [6, 6.07) is 4.95. The Kier molecular flexibility index (Phi) is 6.18. The Morgan fingerprint density at radius 1 is 1.35 bits per heavy atom. The van der Waals surface area contributed by atoms with Gasteiger partial charge in [0, 0.05) is 10.9 Å². The van der Waals surface area contributed by atoms with Gasteiger partial charge < -0.3 is 5.32 Å². The second-order valence-electron chi connectivity index (χ2n) is 5.26. The van der Waals surface area contributed by atoms with Crippen molar-refractivity contribution in [2.75, 3.05) is 6.54 Å². The van der Waals surface area contributed by atoms with E-state index >= 15 is 0 Å². The van der Waals surface area contributed by atoms with Crippen molar-refractivity contribution in [1.29, 1.82) is 0 Å². The normalized spacial score (nSPS) is 13.9. The molecule has 0 aliphatic rings. The molecule has 0 bridgehead atoms. The van der Waals surface area contributed by atoms with Crippen LogP contribution in [0.3, 0.4) is 0 Å². The molecule has 0 fully saturated rings. The highest BCUT2D eigenvalue weighted by Gasteiger charge is 2.27. The van der Waals surface area contributed by atoms with Crippen molar-refractivity contribution >= 4 is 27.3 Å². The molecule has 1 aromatic heterocycles. The molecule has 1 nitrogen and oxygen atoms in total. The number of hydrogen-bond donors (Lipinski definition) is 1. The second-order valence-corrected chi connectivity index (χ2v) is 7.81. The van der Waals surface area contributed by atoms with Gasteiger partial charge in [-0.25, -0.2) is 0 Å².